The van der Waals surface area contributed by atoms with Crippen molar-refractivity contribution in [3.63, 3.8) is 0 Å². The molecule has 4 unspecified atom stereocenters. The molecule has 0 bridgehead atoms. The van der Waals surface area contributed by atoms with Crippen LogP contribution in [0.1, 0.15) is 70.9 Å². The van der Waals surface area contributed by atoms with E-state index in [0.29, 0.717) is 5.92 Å². The summed E-state index contributed by atoms with van der Waals surface area (Å²) >= 11 is 0. The summed E-state index contributed by atoms with van der Waals surface area (Å²) in [4.78, 5) is 3.04. The Kier molecular flexibility index (Phi) is 4.12. The summed E-state index contributed by atoms with van der Waals surface area (Å²) in [6.45, 7) is 10.3. The van der Waals surface area contributed by atoms with Crippen LogP contribution in [0.15, 0.2) is 91.0 Å². The minimum Gasteiger partial charge on any atom is -0.361 e. The first-order valence-corrected chi connectivity index (χ1v) is 22.8. The molecule has 1 aliphatic heterocycles. The number of hydrogen-bond donors (Lipinski definition) is 0. The van der Waals surface area contributed by atoms with E-state index in [1.165, 1.54) is 80.5 Å². The highest BCUT2D eigenvalue weighted by atomic mass is 15.3. The van der Waals surface area contributed by atoms with Gasteiger partial charge in [0.25, 0.3) is 0 Å². The number of anilines is 1. The summed E-state index contributed by atoms with van der Waals surface area (Å²) < 4.78 is 0. The van der Waals surface area contributed by atoms with Crippen LogP contribution in [0.5, 0.6) is 0 Å². The highest BCUT2D eigenvalue weighted by molar-refractivity contribution is 6.64. The zero-order chi connectivity index (χ0) is 38.1. The minimum absolute atomic E-state index is 0.253. The van der Waals surface area contributed by atoms with Crippen LogP contribution >= 0.6 is 0 Å². The van der Waals surface area contributed by atoms with Crippen molar-refractivity contribution in [3.05, 3.63) is 113 Å². The van der Waals surface area contributed by atoms with Crippen LogP contribution in [0, 0.1) is 5.92 Å². The van der Waals surface area contributed by atoms with Gasteiger partial charge in [0.05, 0.1) is 10.8 Å². The molecule has 5 aliphatic rings. The molecule has 59 heavy (non-hydrogen) atoms. The lowest BCUT2D eigenvalue weighted by atomic mass is 9.43. The van der Waals surface area contributed by atoms with Gasteiger partial charge in [0.1, 0.15) is 0 Å². The molecule has 4 atom stereocenters. The molecule has 0 N–H and O–H groups in total. The monoisotopic (exact) mass is 749 g/mol. The van der Waals surface area contributed by atoms with Gasteiger partial charge >= 0.3 is 0 Å². The predicted octanol–water partition coefficient (Wildman–Crippen LogP) is 13.5. The van der Waals surface area contributed by atoms with Gasteiger partial charge in [-0.2, -0.15) is 0 Å². The molecule has 13 aromatic rings. The fourth-order valence-electron chi connectivity index (χ4n) is 17.5. The Morgan fingerprint density at radius 3 is 1.56 bits per heavy atom. The number of allylic oxidation sites excluding steroid dienone is 2. The van der Waals surface area contributed by atoms with Crippen LogP contribution in [0.4, 0.5) is 5.69 Å². The molecule has 1 heterocycles. The third-order valence-corrected chi connectivity index (χ3v) is 18.8. The maximum Gasteiger partial charge on any atom is 0.0605 e. The van der Waals surface area contributed by atoms with Crippen LogP contribution in [0.3, 0.4) is 0 Å². The van der Waals surface area contributed by atoms with Gasteiger partial charge in [0.2, 0.25) is 0 Å². The average Bonchev–Trinajstić information content (AvgIpc) is 4.10. The second kappa shape index (κ2) is 8.28. The molecular formula is C58H39N. The summed E-state index contributed by atoms with van der Waals surface area (Å²) in [7, 11) is 0. The van der Waals surface area contributed by atoms with Crippen molar-refractivity contribution in [2.45, 2.75) is 82.2 Å². The summed E-state index contributed by atoms with van der Waals surface area (Å²) in [6.07, 6.45) is 11.6. The van der Waals surface area contributed by atoms with Gasteiger partial charge in [-0.15, -0.1) is 0 Å². The van der Waals surface area contributed by atoms with Gasteiger partial charge in [-0.1, -0.05) is 118 Å². The topological polar surface area (TPSA) is 3.24 Å². The third-order valence-electron chi connectivity index (χ3n) is 18.8. The third kappa shape index (κ3) is 2.29. The predicted molar refractivity (Wildman–Crippen MR) is 252 cm³/mol. The molecular weight excluding hydrogens is 711 g/mol. The van der Waals surface area contributed by atoms with Crippen LogP contribution in [0.25, 0.3) is 130 Å². The van der Waals surface area contributed by atoms with Crippen molar-refractivity contribution in [3.8, 4) is 0 Å². The highest BCUT2D eigenvalue weighted by Crippen LogP contribution is 2.80. The van der Waals surface area contributed by atoms with E-state index in [-0.39, 0.29) is 22.4 Å². The average molecular weight is 750 g/mol. The molecule has 1 fully saturated rings. The van der Waals surface area contributed by atoms with E-state index < -0.39 is 0 Å². The Balaban J connectivity index is 1.22. The van der Waals surface area contributed by atoms with Gasteiger partial charge in [-0.05, 0) is 190 Å². The number of para-hydroxylation sites is 1. The van der Waals surface area contributed by atoms with E-state index in [2.05, 4.69) is 124 Å². The normalized spacial score (nSPS) is 24.5. The van der Waals surface area contributed by atoms with Crippen molar-refractivity contribution in [1.82, 2.24) is 0 Å². The van der Waals surface area contributed by atoms with Crippen LogP contribution < -0.4 is 15.3 Å². The Labute approximate surface area is 339 Å². The number of hydrogen-bond acceptors (Lipinski definition) is 1. The van der Waals surface area contributed by atoms with Crippen molar-refractivity contribution >= 4 is 135 Å². The molecule has 1 heteroatoms. The summed E-state index contributed by atoms with van der Waals surface area (Å²) in [6, 6.07) is 32.4. The van der Waals surface area contributed by atoms with Gasteiger partial charge in [0, 0.05) is 17.3 Å². The number of fused-ring (bicyclic) bond motifs is 3. The first-order valence-electron chi connectivity index (χ1n) is 22.8. The molecule has 2 spiro atoms. The lowest BCUT2D eigenvalue weighted by Crippen LogP contribution is -2.60. The van der Waals surface area contributed by atoms with Crippen molar-refractivity contribution in [2.24, 2.45) is 5.92 Å². The van der Waals surface area contributed by atoms with E-state index in [1.807, 2.05) is 0 Å². The van der Waals surface area contributed by atoms with E-state index in [4.69, 9.17) is 0 Å². The second-order valence-corrected chi connectivity index (χ2v) is 20.5. The van der Waals surface area contributed by atoms with E-state index in [9.17, 15) is 0 Å². The first-order chi connectivity index (χ1) is 29.0. The molecule has 276 valence electrons. The maximum absolute atomic E-state index is 3.04. The standard InChI is InChI=1S/C58H39N/c1-5-7-11-25(6-2)24-37-57-35-22-23-36-34-21-19-32-30-17-15-28-27-14-16-29-31-18-20-33(35)44-42(31)47-40(29)38(27)46-39(28)41(30)48-43(32)45(34)55(53-51(48)49(46)50(47)52(53)54(44)57)58(36,57)56(3,4)59(37)26-12-9-8-10-13-26/h8-10,12-23,25,37H,5-7,11,24H2,1-4H3. The molecule has 0 amide bonds. The van der Waals surface area contributed by atoms with Crippen molar-refractivity contribution in [1.29, 1.82) is 0 Å². The van der Waals surface area contributed by atoms with E-state index in [1.54, 1.807) is 108 Å². The Hall–Kier alpha value is -5.92. The molecule has 1 saturated heterocycles. The highest BCUT2D eigenvalue weighted by Gasteiger charge is 2.80. The fraction of sp³-hybridized carbons (Fsp3) is 0.241. The van der Waals surface area contributed by atoms with E-state index >= 15 is 0 Å². The van der Waals surface area contributed by atoms with Crippen molar-refractivity contribution < 1.29 is 0 Å². The Morgan fingerprint density at radius 1 is 0.508 bits per heavy atom. The van der Waals surface area contributed by atoms with Gasteiger partial charge in [-0.25, -0.2) is 0 Å². The SMILES string of the molecule is CCCCC(CC)CC1N(c2ccccc2)C(C)(C)C23C4=c5ccc6c7ccc8c9ccc%10c%11ccc%12c%13c(c%14c%15c2c5c6c2c7c8c5c9c%10c(c%13%11)c%14c5c%152)C13C=%12C=C4. The molecule has 4 aliphatic carbocycles. The van der Waals surface area contributed by atoms with Gasteiger partial charge in [-0.3, -0.25) is 0 Å². The van der Waals surface area contributed by atoms with E-state index in [0.717, 1.165) is 0 Å². The number of rotatable bonds is 7. The smallest absolute Gasteiger partial charge is 0.0605 e. The van der Waals surface area contributed by atoms with Gasteiger partial charge < -0.3 is 4.90 Å². The zero-order valence-electron chi connectivity index (χ0n) is 33.8. The Morgan fingerprint density at radius 2 is 0.983 bits per heavy atom. The number of nitrogens with zero attached hydrogens (tertiary/aromatic N) is 1. The quantitative estimate of drug-likeness (QED) is 0.147. The molecule has 18 rings (SSSR count). The maximum atomic E-state index is 3.04. The summed E-state index contributed by atoms with van der Waals surface area (Å²) in [5.41, 5.74) is 7.20. The van der Waals surface area contributed by atoms with Crippen molar-refractivity contribution in [2.75, 3.05) is 4.90 Å². The number of unbranched alkanes of at least 4 members (excludes halogenated alkanes) is 1. The molecule has 0 saturated carbocycles. The summed E-state index contributed by atoms with van der Waals surface area (Å²) in [5.74, 6) is 0.654. The number of benzene rings is 9. The first kappa shape index (κ1) is 29.3. The largest absolute Gasteiger partial charge is 0.361 e. The lowest BCUT2D eigenvalue weighted by molar-refractivity contribution is 0.294. The van der Waals surface area contributed by atoms with Gasteiger partial charge in [0.15, 0.2) is 0 Å². The summed E-state index contributed by atoms with van der Waals surface area (Å²) in [5, 5.41) is 37.1. The van der Waals surface area contributed by atoms with Crippen LogP contribution in [0.2, 0.25) is 0 Å². The van der Waals surface area contributed by atoms with Crippen LogP contribution in [-0.2, 0) is 10.8 Å². The van der Waals surface area contributed by atoms with Crippen LogP contribution in [-0.4, -0.2) is 11.6 Å². The lowest BCUT2D eigenvalue weighted by Gasteiger charge is -2.56. The molecule has 0 aromatic heterocycles. The second-order valence-electron chi connectivity index (χ2n) is 20.5. The molecule has 1 nitrogen and oxygen atoms in total. The molecule has 13 aromatic carbocycles. The fourth-order valence-corrected chi connectivity index (χ4v) is 17.5. The Bertz CT molecular complexity index is 4260. The minimum atomic E-state index is -0.283. The zero-order valence-corrected chi connectivity index (χ0v) is 33.8. The molecule has 0 radical (unpaired) electrons.